The second kappa shape index (κ2) is 7.66. The Balaban J connectivity index is 2.07. The zero-order chi connectivity index (χ0) is 18.7. The summed E-state index contributed by atoms with van der Waals surface area (Å²) in [5.74, 6) is -0.126. The highest BCUT2D eigenvalue weighted by Gasteiger charge is 2.18. The van der Waals surface area contributed by atoms with Crippen LogP contribution in [0, 0.1) is 0 Å². The van der Waals surface area contributed by atoms with Crippen LogP contribution in [-0.2, 0) is 0 Å². The SMILES string of the molecule is CC(N)CCNC(=O)c1cc(-c2ccccc2)nc2c1cnn2C(C)C. The van der Waals surface area contributed by atoms with Crippen molar-refractivity contribution in [3.05, 3.63) is 48.2 Å². The van der Waals surface area contributed by atoms with Gasteiger partial charge in [0.25, 0.3) is 5.91 Å². The van der Waals surface area contributed by atoms with Gasteiger partial charge in [0.05, 0.1) is 22.8 Å². The molecule has 2 aromatic heterocycles. The van der Waals surface area contributed by atoms with E-state index in [4.69, 9.17) is 10.7 Å². The molecule has 1 amide bonds. The van der Waals surface area contributed by atoms with E-state index in [-0.39, 0.29) is 18.0 Å². The summed E-state index contributed by atoms with van der Waals surface area (Å²) in [6.07, 6.45) is 2.45. The van der Waals surface area contributed by atoms with E-state index in [9.17, 15) is 4.79 Å². The number of carbonyl (C=O) groups is 1. The number of hydrogen-bond donors (Lipinski definition) is 2. The molecule has 1 atom stereocenters. The van der Waals surface area contributed by atoms with E-state index < -0.39 is 0 Å². The first-order valence-corrected chi connectivity index (χ1v) is 8.95. The molecular formula is C20H25N5O. The summed E-state index contributed by atoms with van der Waals surface area (Å²) in [6.45, 7) is 6.56. The number of nitrogens with two attached hydrogens (primary N) is 1. The minimum Gasteiger partial charge on any atom is -0.352 e. The predicted octanol–water partition coefficient (Wildman–Crippen LogP) is 3.15. The third kappa shape index (κ3) is 3.75. The Kier molecular flexibility index (Phi) is 5.32. The fourth-order valence-corrected chi connectivity index (χ4v) is 2.85. The van der Waals surface area contributed by atoms with Gasteiger partial charge in [0, 0.05) is 24.2 Å². The first kappa shape index (κ1) is 18.1. The number of amides is 1. The van der Waals surface area contributed by atoms with Crippen molar-refractivity contribution in [2.24, 2.45) is 5.73 Å². The fraction of sp³-hybridized carbons (Fsp3) is 0.350. The number of fused-ring (bicyclic) bond motifs is 1. The lowest BCUT2D eigenvalue weighted by atomic mass is 10.1. The summed E-state index contributed by atoms with van der Waals surface area (Å²) in [4.78, 5) is 17.6. The number of aromatic nitrogens is 3. The van der Waals surface area contributed by atoms with E-state index in [0.29, 0.717) is 12.1 Å². The molecule has 3 N–H and O–H groups in total. The maximum atomic E-state index is 12.8. The maximum absolute atomic E-state index is 12.8. The Hall–Kier alpha value is -2.73. The maximum Gasteiger partial charge on any atom is 0.252 e. The molecule has 0 fully saturated rings. The van der Waals surface area contributed by atoms with Gasteiger partial charge in [-0.15, -0.1) is 0 Å². The average molecular weight is 351 g/mol. The van der Waals surface area contributed by atoms with Crippen LogP contribution in [0.25, 0.3) is 22.3 Å². The summed E-state index contributed by atoms with van der Waals surface area (Å²) < 4.78 is 1.85. The Morgan fingerprint density at radius 2 is 1.96 bits per heavy atom. The summed E-state index contributed by atoms with van der Waals surface area (Å²) in [7, 11) is 0. The molecule has 6 nitrogen and oxygen atoms in total. The second-order valence-electron chi connectivity index (χ2n) is 6.86. The minimum absolute atomic E-state index is 0.0522. The molecule has 6 heteroatoms. The quantitative estimate of drug-likeness (QED) is 0.714. The highest BCUT2D eigenvalue weighted by molar-refractivity contribution is 6.06. The van der Waals surface area contributed by atoms with E-state index in [0.717, 1.165) is 28.7 Å². The zero-order valence-corrected chi connectivity index (χ0v) is 15.4. The first-order valence-electron chi connectivity index (χ1n) is 8.95. The average Bonchev–Trinajstić information content (AvgIpc) is 3.05. The van der Waals surface area contributed by atoms with Crippen LogP contribution < -0.4 is 11.1 Å². The van der Waals surface area contributed by atoms with Crippen LogP contribution in [0.5, 0.6) is 0 Å². The second-order valence-corrected chi connectivity index (χ2v) is 6.86. The van der Waals surface area contributed by atoms with E-state index in [2.05, 4.69) is 10.4 Å². The van der Waals surface area contributed by atoms with Crippen LogP contribution in [0.15, 0.2) is 42.6 Å². The summed E-state index contributed by atoms with van der Waals surface area (Å²) >= 11 is 0. The highest BCUT2D eigenvalue weighted by Crippen LogP contribution is 2.26. The van der Waals surface area contributed by atoms with Gasteiger partial charge in [0.2, 0.25) is 0 Å². The summed E-state index contributed by atoms with van der Waals surface area (Å²) in [5.41, 5.74) is 8.81. The molecule has 0 saturated heterocycles. The number of pyridine rings is 1. The Morgan fingerprint density at radius 3 is 2.62 bits per heavy atom. The molecular weight excluding hydrogens is 326 g/mol. The predicted molar refractivity (Wildman–Crippen MR) is 104 cm³/mol. The van der Waals surface area contributed by atoms with Gasteiger partial charge in [-0.25, -0.2) is 9.67 Å². The number of benzene rings is 1. The van der Waals surface area contributed by atoms with E-state index >= 15 is 0 Å². The minimum atomic E-state index is -0.126. The van der Waals surface area contributed by atoms with E-state index in [1.165, 1.54) is 0 Å². The molecule has 0 spiro atoms. The van der Waals surface area contributed by atoms with Crippen LogP contribution >= 0.6 is 0 Å². The van der Waals surface area contributed by atoms with Crippen molar-refractivity contribution in [3.8, 4) is 11.3 Å². The van der Waals surface area contributed by atoms with Gasteiger partial charge in [-0.3, -0.25) is 4.79 Å². The molecule has 0 saturated carbocycles. The van der Waals surface area contributed by atoms with Crippen molar-refractivity contribution in [1.82, 2.24) is 20.1 Å². The topological polar surface area (TPSA) is 85.8 Å². The lowest BCUT2D eigenvalue weighted by Crippen LogP contribution is -2.29. The third-order valence-electron chi connectivity index (χ3n) is 4.26. The fourth-order valence-electron chi connectivity index (χ4n) is 2.85. The van der Waals surface area contributed by atoms with Gasteiger partial charge in [0.1, 0.15) is 0 Å². The first-order chi connectivity index (χ1) is 12.5. The number of nitrogens with zero attached hydrogens (tertiary/aromatic N) is 3. The molecule has 2 heterocycles. The molecule has 26 heavy (non-hydrogen) atoms. The molecule has 1 unspecified atom stereocenters. The van der Waals surface area contributed by atoms with Crippen LogP contribution in [-0.4, -0.2) is 33.3 Å². The van der Waals surface area contributed by atoms with Crippen LogP contribution in [0.4, 0.5) is 0 Å². The molecule has 0 radical (unpaired) electrons. The molecule has 136 valence electrons. The van der Waals surface area contributed by atoms with E-state index in [1.807, 2.05) is 61.9 Å². The zero-order valence-electron chi connectivity index (χ0n) is 15.4. The normalized spacial score (nSPS) is 12.5. The standard InChI is InChI=1S/C20H25N5O/c1-13(2)25-19-17(12-23-25)16(20(26)22-10-9-14(3)21)11-18(24-19)15-7-5-4-6-8-15/h4-8,11-14H,9-10,21H2,1-3H3,(H,22,26). The third-order valence-corrected chi connectivity index (χ3v) is 4.26. The van der Waals surface area contributed by atoms with E-state index in [1.54, 1.807) is 6.20 Å². The Labute approximate surface area is 153 Å². The summed E-state index contributed by atoms with van der Waals surface area (Å²) in [5, 5.41) is 8.15. The number of hydrogen-bond acceptors (Lipinski definition) is 4. The van der Waals surface area contributed by atoms with Gasteiger partial charge >= 0.3 is 0 Å². The Morgan fingerprint density at radius 1 is 1.23 bits per heavy atom. The monoisotopic (exact) mass is 351 g/mol. The molecule has 0 bridgehead atoms. The number of carbonyl (C=O) groups excluding carboxylic acids is 1. The smallest absolute Gasteiger partial charge is 0.252 e. The molecule has 3 rings (SSSR count). The summed E-state index contributed by atoms with van der Waals surface area (Å²) in [6, 6.07) is 11.9. The van der Waals surface area contributed by atoms with Gasteiger partial charge in [-0.1, -0.05) is 30.3 Å². The highest BCUT2D eigenvalue weighted by atomic mass is 16.1. The number of rotatable bonds is 6. The van der Waals surface area contributed by atoms with Crippen LogP contribution in [0.1, 0.15) is 43.6 Å². The Bertz CT molecular complexity index is 899. The largest absolute Gasteiger partial charge is 0.352 e. The van der Waals surface area contributed by atoms with Crippen molar-refractivity contribution in [2.75, 3.05) is 6.54 Å². The number of nitrogens with one attached hydrogen (secondary N) is 1. The molecule has 1 aromatic carbocycles. The lowest BCUT2D eigenvalue weighted by Gasteiger charge is -2.11. The van der Waals surface area contributed by atoms with Gasteiger partial charge < -0.3 is 11.1 Å². The van der Waals surface area contributed by atoms with Crippen LogP contribution in [0.2, 0.25) is 0 Å². The van der Waals surface area contributed by atoms with Crippen molar-refractivity contribution in [3.63, 3.8) is 0 Å². The van der Waals surface area contributed by atoms with Crippen LogP contribution in [0.3, 0.4) is 0 Å². The van der Waals surface area contributed by atoms with Crippen molar-refractivity contribution >= 4 is 16.9 Å². The lowest BCUT2D eigenvalue weighted by molar-refractivity contribution is 0.0954. The molecule has 0 aliphatic carbocycles. The van der Waals surface area contributed by atoms with Crippen molar-refractivity contribution in [1.29, 1.82) is 0 Å². The van der Waals surface area contributed by atoms with Gasteiger partial charge in [0.15, 0.2) is 5.65 Å². The van der Waals surface area contributed by atoms with Crippen molar-refractivity contribution in [2.45, 2.75) is 39.3 Å². The molecule has 0 aliphatic heterocycles. The van der Waals surface area contributed by atoms with Gasteiger partial charge in [-0.05, 0) is 33.3 Å². The molecule has 0 aliphatic rings. The van der Waals surface area contributed by atoms with Crippen molar-refractivity contribution < 1.29 is 4.79 Å². The van der Waals surface area contributed by atoms with Gasteiger partial charge in [-0.2, -0.15) is 5.10 Å². The molecule has 3 aromatic rings.